The van der Waals surface area contributed by atoms with Gasteiger partial charge in [0.1, 0.15) is 5.71 Å². The zero-order chi connectivity index (χ0) is 15.0. The molecule has 21 heavy (non-hydrogen) atoms. The first-order chi connectivity index (χ1) is 10.1. The number of anilines is 1. The van der Waals surface area contributed by atoms with Gasteiger partial charge < -0.3 is 5.32 Å². The molecule has 2 aromatic carbocycles. The Balaban J connectivity index is 2.14. The lowest BCUT2D eigenvalue weighted by molar-refractivity contribution is -0.110. The lowest BCUT2D eigenvalue weighted by Gasteiger charge is -2.05. The first kappa shape index (κ1) is 14.0. The minimum Gasteiger partial charge on any atom is -0.320 e. The summed E-state index contributed by atoms with van der Waals surface area (Å²) in [5.41, 5.74) is 5.26. The molecule has 106 valence electrons. The molecule has 0 unspecified atom stereocenters. The van der Waals surface area contributed by atoms with E-state index in [9.17, 15) is 4.79 Å². The lowest BCUT2D eigenvalue weighted by atomic mass is 10.1. The van der Waals surface area contributed by atoms with Crippen LogP contribution in [0.15, 0.2) is 45.9 Å². The van der Waals surface area contributed by atoms with Gasteiger partial charge in [-0.05, 0) is 42.7 Å². The van der Waals surface area contributed by atoms with E-state index < -0.39 is 0 Å². The second-order valence-corrected chi connectivity index (χ2v) is 5.95. The van der Waals surface area contributed by atoms with Gasteiger partial charge in [-0.2, -0.15) is 0 Å². The first-order valence-corrected chi connectivity index (χ1v) is 7.68. The van der Waals surface area contributed by atoms with Crippen LogP contribution in [0.25, 0.3) is 0 Å². The molecule has 1 aliphatic heterocycles. The van der Waals surface area contributed by atoms with Gasteiger partial charge in [-0.1, -0.05) is 41.1 Å². The Hall–Kier alpha value is -1.94. The third-order valence-electron chi connectivity index (χ3n) is 3.64. The number of halogens is 1. The SMILES string of the molecule is CCc1cc(Br)ccc1N=C1C(=O)Nc2c(C)cccc21. The third-order valence-corrected chi connectivity index (χ3v) is 4.13. The Morgan fingerprint density at radius 3 is 2.81 bits per heavy atom. The van der Waals surface area contributed by atoms with E-state index in [1.54, 1.807) is 0 Å². The molecule has 3 rings (SSSR count). The number of para-hydroxylation sites is 1. The predicted molar refractivity (Wildman–Crippen MR) is 89.5 cm³/mol. The van der Waals surface area contributed by atoms with Crippen LogP contribution in [0, 0.1) is 6.92 Å². The van der Waals surface area contributed by atoms with Crippen molar-refractivity contribution in [1.82, 2.24) is 0 Å². The third kappa shape index (κ3) is 2.51. The first-order valence-electron chi connectivity index (χ1n) is 6.88. The average Bonchev–Trinajstić information content (AvgIpc) is 2.79. The molecule has 0 radical (unpaired) electrons. The Bertz CT molecular complexity index is 765. The number of carbonyl (C=O) groups is 1. The van der Waals surface area contributed by atoms with Crippen molar-refractivity contribution in [2.45, 2.75) is 20.3 Å². The summed E-state index contributed by atoms with van der Waals surface area (Å²) in [5, 5.41) is 2.91. The topological polar surface area (TPSA) is 41.5 Å². The predicted octanol–water partition coefficient (Wildman–Crippen LogP) is 4.39. The Kier molecular flexibility index (Phi) is 3.64. The molecular formula is C17H15BrN2O. The number of nitrogens with one attached hydrogen (secondary N) is 1. The van der Waals surface area contributed by atoms with Crippen LogP contribution < -0.4 is 5.32 Å². The van der Waals surface area contributed by atoms with Crippen LogP contribution in [0.3, 0.4) is 0 Å². The van der Waals surface area contributed by atoms with Crippen LogP contribution in [0.4, 0.5) is 11.4 Å². The summed E-state index contributed by atoms with van der Waals surface area (Å²) in [5.74, 6) is -0.135. The van der Waals surface area contributed by atoms with Gasteiger partial charge in [0.2, 0.25) is 0 Å². The molecular weight excluding hydrogens is 328 g/mol. The van der Waals surface area contributed by atoms with E-state index in [2.05, 4.69) is 33.2 Å². The monoisotopic (exact) mass is 342 g/mol. The minimum absolute atomic E-state index is 0.135. The molecule has 1 N–H and O–H groups in total. The molecule has 0 saturated heterocycles. The zero-order valence-corrected chi connectivity index (χ0v) is 13.5. The Labute approximate surface area is 132 Å². The van der Waals surface area contributed by atoms with E-state index in [0.717, 1.165) is 39.0 Å². The summed E-state index contributed by atoms with van der Waals surface area (Å²) >= 11 is 3.47. The summed E-state index contributed by atoms with van der Waals surface area (Å²) in [6, 6.07) is 11.8. The minimum atomic E-state index is -0.135. The number of hydrogen-bond acceptors (Lipinski definition) is 2. The molecule has 1 amide bonds. The highest BCUT2D eigenvalue weighted by Gasteiger charge is 2.27. The van der Waals surface area contributed by atoms with Crippen molar-refractivity contribution >= 4 is 38.9 Å². The number of carbonyl (C=O) groups excluding carboxylic acids is 1. The number of hydrogen-bond donors (Lipinski definition) is 1. The molecule has 4 heteroatoms. The van der Waals surface area contributed by atoms with Crippen LogP contribution in [0.1, 0.15) is 23.6 Å². The second-order valence-electron chi connectivity index (χ2n) is 5.04. The second kappa shape index (κ2) is 5.45. The number of aliphatic imine (C=N–C) groups is 1. The fraction of sp³-hybridized carbons (Fsp3) is 0.176. The van der Waals surface area contributed by atoms with Gasteiger partial charge in [-0.3, -0.25) is 4.79 Å². The average molecular weight is 343 g/mol. The standard InChI is InChI=1S/C17H15BrN2O/c1-3-11-9-12(18)7-8-14(11)19-16-13-6-4-5-10(2)15(13)20-17(16)21/h4-9H,3H2,1-2H3,(H,19,20,21). The van der Waals surface area contributed by atoms with Crippen molar-refractivity contribution in [2.75, 3.05) is 5.32 Å². The van der Waals surface area contributed by atoms with Crippen LogP contribution in [-0.2, 0) is 11.2 Å². The highest BCUT2D eigenvalue weighted by Crippen LogP contribution is 2.30. The van der Waals surface area contributed by atoms with E-state index in [0.29, 0.717) is 5.71 Å². The fourth-order valence-electron chi connectivity index (χ4n) is 2.50. The summed E-state index contributed by atoms with van der Waals surface area (Å²) in [7, 11) is 0. The smallest absolute Gasteiger partial charge is 0.275 e. The molecule has 2 aromatic rings. The summed E-state index contributed by atoms with van der Waals surface area (Å²) < 4.78 is 1.02. The number of aryl methyl sites for hydroxylation is 2. The number of rotatable bonds is 2. The van der Waals surface area contributed by atoms with Gasteiger partial charge in [0.15, 0.2) is 0 Å². The number of benzene rings is 2. The Morgan fingerprint density at radius 2 is 2.05 bits per heavy atom. The van der Waals surface area contributed by atoms with E-state index >= 15 is 0 Å². The van der Waals surface area contributed by atoms with Crippen LogP contribution in [0.5, 0.6) is 0 Å². The molecule has 3 nitrogen and oxygen atoms in total. The van der Waals surface area contributed by atoms with Crippen molar-refractivity contribution in [3.8, 4) is 0 Å². The molecule has 0 saturated carbocycles. The van der Waals surface area contributed by atoms with Gasteiger partial charge >= 0.3 is 0 Å². The van der Waals surface area contributed by atoms with Crippen LogP contribution in [-0.4, -0.2) is 11.6 Å². The van der Waals surface area contributed by atoms with Crippen molar-refractivity contribution in [3.05, 3.63) is 57.6 Å². The maximum Gasteiger partial charge on any atom is 0.275 e. The number of amides is 1. The normalized spacial score (nSPS) is 15.2. The van der Waals surface area contributed by atoms with Crippen molar-refractivity contribution < 1.29 is 4.79 Å². The van der Waals surface area contributed by atoms with E-state index in [1.165, 1.54) is 0 Å². The summed E-state index contributed by atoms with van der Waals surface area (Å²) in [6.07, 6.45) is 0.869. The van der Waals surface area contributed by atoms with Gasteiger partial charge in [-0.15, -0.1) is 0 Å². The fourth-order valence-corrected chi connectivity index (χ4v) is 2.91. The van der Waals surface area contributed by atoms with Gasteiger partial charge in [0.25, 0.3) is 5.91 Å². The van der Waals surface area contributed by atoms with E-state index in [1.807, 2.05) is 43.3 Å². The molecule has 0 aromatic heterocycles. The molecule has 1 aliphatic rings. The maximum absolute atomic E-state index is 12.2. The zero-order valence-electron chi connectivity index (χ0n) is 11.9. The summed E-state index contributed by atoms with van der Waals surface area (Å²) in [4.78, 5) is 16.8. The van der Waals surface area contributed by atoms with Gasteiger partial charge in [0, 0.05) is 10.0 Å². The van der Waals surface area contributed by atoms with Crippen molar-refractivity contribution in [1.29, 1.82) is 0 Å². The molecule has 1 heterocycles. The molecule has 0 fully saturated rings. The summed E-state index contributed by atoms with van der Waals surface area (Å²) in [6.45, 7) is 4.07. The van der Waals surface area contributed by atoms with Crippen molar-refractivity contribution in [2.24, 2.45) is 4.99 Å². The van der Waals surface area contributed by atoms with Crippen LogP contribution >= 0.6 is 15.9 Å². The molecule has 0 aliphatic carbocycles. The van der Waals surface area contributed by atoms with E-state index in [-0.39, 0.29) is 5.91 Å². The van der Waals surface area contributed by atoms with Crippen molar-refractivity contribution in [3.63, 3.8) is 0 Å². The molecule has 0 spiro atoms. The highest BCUT2D eigenvalue weighted by molar-refractivity contribution is 9.10. The van der Waals surface area contributed by atoms with Gasteiger partial charge in [-0.25, -0.2) is 4.99 Å². The molecule has 0 bridgehead atoms. The maximum atomic E-state index is 12.2. The quantitative estimate of drug-likeness (QED) is 0.863. The number of fused-ring (bicyclic) bond motifs is 1. The lowest BCUT2D eigenvalue weighted by Crippen LogP contribution is -2.14. The van der Waals surface area contributed by atoms with Crippen LogP contribution in [0.2, 0.25) is 0 Å². The Morgan fingerprint density at radius 1 is 1.24 bits per heavy atom. The highest BCUT2D eigenvalue weighted by atomic mass is 79.9. The largest absolute Gasteiger partial charge is 0.320 e. The number of nitrogens with zero attached hydrogens (tertiary/aromatic N) is 1. The molecule has 0 atom stereocenters. The van der Waals surface area contributed by atoms with E-state index in [4.69, 9.17) is 0 Å². The van der Waals surface area contributed by atoms with Gasteiger partial charge in [0.05, 0.1) is 11.4 Å².